The molecular weight excluding hydrogens is 420 g/mol. The summed E-state index contributed by atoms with van der Waals surface area (Å²) in [4.78, 5) is 37.4. The first-order valence-corrected chi connectivity index (χ1v) is 10.8. The zero-order valence-electron chi connectivity index (χ0n) is 11.7. The van der Waals surface area contributed by atoms with Crippen LogP contribution in [-0.4, -0.2) is 54.3 Å². The molecule has 0 saturated carbocycles. The number of hydrogen-bond acceptors (Lipinski definition) is 6. The molecule has 0 aliphatic rings. The lowest BCUT2D eigenvalue weighted by atomic mass is 9.75. The zero-order valence-corrected chi connectivity index (χ0v) is 16.5. The Morgan fingerprint density at radius 1 is 0.591 bits per heavy atom. The van der Waals surface area contributed by atoms with Crippen molar-refractivity contribution in [1.82, 2.24) is 0 Å². The molecule has 0 heterocycles. The van der Waals surface area contributed by atoms with E-state index in [0.29, 0.717) is 0 Å². The molecule has 0 rings (SSSR count). The molecule has 0 saturated heterocycles. The van der Waals surface area contributed by atoms with Crippen molar-refractivity contribution in [2.45, 2.75) is 36.9 Å². The predicted molar refractivity (Wildman–Crippen MR) is 91.7 cm³/mol. The van der Waals surface area contributed by atoms with Gasteiger partial charge >= 0.3 is 17.2 Å². The highest BCUT2D eigenvalue weighted by molar-refractivity contribution is 7.39. The SMILES string of the molecule is OP(O)OC(CCCl)(CCCl)C(CCCl)(CCCl)OP(O)O. The lowest BCUT2D eigenvalue weighted by Gasteiger charge is -2.49. The van der Waals surface area contributed by atoms with E-state index in [0.717, 1.165) is 0 Å². The third kappa shape index (κ3) is 6.95. The summed E-state index contributed by atoms with van der Waals surface area (Å²) in [5.41, 5.74) is -2.72. The maximum Gasteiger partial charge on any atom is 0.327 e. The Balaban J connectivity index is 5.92. The van der Waals surface area contributed by atoms with E-state index in [-0.39, 0.29) is 49.2 Å². The standard InChI is InChI=1S/C10H20Cl4O6P2/c11-5-1-9(2-6-12,19-21(15)16)10(3-7-13,4-8-14)20-22(17)18/h15-18H,1-8H2. The molecule has 4 N–H and O–H groups in total. The van der Waals surface area contributed by atoms with Crippen molar-refractivity contribution in [3.8, 4) is 0 Å². The van der Waals surface area contributed by atoms with E-state index in [1.54, 1.807) is 0 Å². The minimum absolute atomic E-state index is 0.102. The van der Waals surface area contributed by atoms with Crippen LogP contribution in [0.3, 0.4) is 0 Å². The second-order valence-electron chi connectivity index (χ2n) is 4.43. The Labute approximate surface area is 152 Å². The van der Waals surface area contributed by atoms with Crippen molar-refractivity contribution in [2.75, 3.05) is 23.5 Å². The topological polar surface area (TPSA) is 99.4 Å². The quantitative estimate of drug-likeness (QED) is 0.259. The van der Waals surface area contributed by atoms with Gasteiger partial charge in [0.1, 0.15) is 11.2 Å². The van der Waals surface area contributed by atoms with Gasteiger partial charge in [-0.2, -0.15) is 0 Å². The summed E-state index contributed by atoms with van der Waals surface area (Å²) in [5, 5.41) is 0. The van der Waals surface area contributed by atoms with Crippen LogP contribution in [0.25, 0.3) is 0 Å². The second-order valence-corrected chi connectivity index (χ2v) is 7.32. The van der Waals surface area contributed by atoms with Crippen LogP contribution >= 0.6 is 63.6 Å². The van der Waals surface area contributed by atoms with Crippen LogP contribution in [0.5, 0.6) is 0 Å². The van der Waals surface area contributed by atoms with Gasteiger partial charge < -0.3 is 28.6 Å². The number of hydrogen-bond donors (Lipinski definition) is 4. The smallest absolute Gasteiger partial charge is 0.327 e. The fourth-order valence-electron chi connectivity index (χ4n) is 2.43. The lowest BCUT2D eigenvalue weighted by Crippen LogP contribution is -2.57. The first kappa shape index (κ1) is 23.8. The van der Waals surface area contributed by atoms with Crippen LogP contribution in [0.2, 0.25) is 0 Å². The van der Waals surface area contributed by atoms with Crippen molar-refractivity contribution in [3.63, 3.8) is 0 Å². The predicted octanol–water partition coefficient (Wildman–Crippen LogP) is 3.44. The van der Waals surface area contributed by atoms with E-state index >= 15 is 0 Å². The Hall–Kier alpha value is 1.78. The van der Waals surface area contributed by atoms with Gasteiger partial charge in [-0.15, -0.1) is 46.4 Å². The maximum absolute atomic E-state index is 9.35. The zero-order chi connectivity index (χ0) is 17.2. The molecule has 0 atom stereocenters. The molecule has 0 aromatic carbocycles. The molecule has 134 valence electrons. The van der Waals surface area contributed by atoms with Gasteiger partial charge in [-0.05, 0) is 25.7 Å². The maximum atomic E-state index is 9.35. The molecule has 0 aliphatic heterocycles. The molecule has 0 radical (unpaired) electrons. The third-order valence-corrected chi connectivity index (χ3v) is 5.12. The lowest BCUT2D eigenvalue weighted by molar-refractivity contribution is -0.132. The molecule has 22 heavy (non-hydrogen) atoms. The van der Waals surface area contributed by atoms with Gasteiger partial charge in [-0.1, -0.05) is 0 Å². The fraction of sp³-hybridized carbons (Fsp3) is 1.00. The van der Waals surface area contributed by atoms with Crippen molar-refractivity contribution in [3.05, 3.63) is 0 Å². The molecular formula is C10H20Cl4O6P2. The number of rotatable bonds is 13. The summed E-state index contributed by atoms with van der Waals surface area (Å²) in [5.74, 6) is 0.407. The minimum Gasteiger partial charge on any atom is -0.328 e. The molecule has 0 aromatic rings. The Bertz CT molecular complexity index is 261. The van der Waals surface area contributed by atoms with Crippen LogP contribution in [0.4, 0.5) is 0 Å². The summed E-state index contributed by atoms with van der Waals surface area (Å²) >= 11 is 23.3. The summed E-state index contributed by atoms with van der Waals surface area (Å²) in [6.45, 7) is 0. The molecule has 0 aromatic heterocycles. The van der Waals surface area contributed by atoms with Crippen molar-refractivity contribution in [2.24, 2.45) is 0 Å². The van der Waals surface area contributed by atoms with E-state index < -0.39 is 28.4 Å². The first-order chi connectivity index (χ1) is 10.3. The van der Waals surface area contributed by atoms with Crippen LogP contribution in [-0.2, 0) is 9.05 Å². The van der Waals surface area contributed by atoms with E-state index in [4.69, 9.17) is 55.5 Å². The van der Waals surface area contributed by atoms with Crippen LogP contribution in [0, 0.1) is 0 Å². The van der Waals surface area contributed by atoms with E-state index in [2.05, 4.69) is 0 Å². The van der Waals surface area contributed by atoms with Crippen LogP contribution in [0.1, 0.15) is 25.7 Å². The van der Waals surface area contributed by atoms with E-state index in [1.165, 1.54) is 0 Å². The monoisotopic (exact) mass is 438 g/mol. The van der Waals surface area contributed by atoms with E-state index in [9.17, 15) is 19.6 Å². The average molecular weight is 440 g/mol. The molecule has 0 fully saturated rings. The molecule has 0 unspecified atom stereocenters. The Morgan fingerprint density at radius 3 is 0.955 bits per heavy atom. The fourth-order valence-corrected chi connectivity index (χ4v) is 4.98. The van der Waals surface area contributed by atoms with Crippen molar-refractivity contribution in [1.29, 1.82) is 0 Å². The Kier molecular flexibility index (Phi) is 13.2. The van der Waals surface area contributed by atoms with Gasteiger partial charge in [0.25, 0.3) is 0 Å². The highest BCUT2D eigenvalue weighted by atomic mass is 35.5. The highest BCUT2D eigenvalue weighted by Crippen LogP contribution is 2.52. The summed E-state index contributed by atoms with van der Waals surface area (Å²) in [6.07, 6.45) is 0.548. The molecule has 0 amide bonds. The normalized spacial score (nSPS) is 13.4. The van der Waals surface area contributed by atoms with Gasteiger partial charge in [0, 0.05) is 23.5 Å². The number of halogens is 4. The van der Waals surface area contributed by atoms with Gasteiger partial charge in [0.2, 0.25) is 0 Å². The minimum atomic E-state index is -2.76. The van der Waals surface area contributed by atoms with Crippen molar-refractivity contribution >= 4 is 63.6 Å². The summed E-state index contributed by atoms with van der Waals surface area (Å²) in [7, 11) is -5.52. The van der Waals surface area contributed by atoms with Gasteiger partial charge in [-0.25, -0.2) is 0 Å². The Morgan fingerprint density at radius 2 is 0.818 bits per heavy atom. The third-order valence-electron chi connectivity index (χ3n) is 3.34. The first-order valence-electron chi connectivity index (χ1n) is 6.31. The van der Waals surface area contributed by atoms with Gasteiger partial charge in [0.15, 0.2) is 0 Å². The largest absolute Gasteiger partial charge is 0.328 e. The highest BCUT2D eigenvalue weighted by Gasteiger charge is 2.54. The van der Waals surface area contributed by atoms with E-state index in [1.807, 2.05) is 0 Å². The van der Waals surface area contributed by atoms with Crippen LogP contribution < -0.4 is 0 Å². The van der Waals surface area contributed by atoms with Gasteiger partial charge in [0.05, 0.1) is 0 Å². The number of alkyl halides is 4. The summed E-state index contributed by atoms with van der Waals surface area (Å²) in [6, 6.07) is 0. The molecule has 12 heteroatoms. The molecule has 0 spiro atoms. The molecule has 0 aliphatic carbocycles. The molecule has 6 nitrogen and oxygen atoms in total. The second kappa shape index (κ2) is 12.2. The van der Waals surface area contributed by atoms with Crippen LogP contribution in [0.15, 0.2) is 0 Å². The molecule has 0 bridgehead atoms. The average Bonchev–Trinajstić information content (AvgIpc) is 2.38. The van der Waals surface area contributed by atoms with Crippen molar-refractivity contribution < 1.29 is 28.6 Å². The summed E-state index contributed by atoms with van der Waals surface area (Å²) < 4.78 is 10.7. The van der Waals surface area contributed by atoms with Gasteiger partial charge in [-0.3, -0.25) is 0 Å².